The Balaban J connectivity index is 1.83. The summed E-state index contributed by atoms with van der Waals surface area (Å²) in [5.41, 5.74) is 3.27. The molecule has 0 aromatic heterocycles. The summed E-state index contributed by atoms with van der Waals surface area (Å²) < 4.78 is 26.6. The van der Waals surface area contributed by atoms with Gasteiger partial charge in [0, 0.05) is 31.3 Å². The Bertz CT molecular complexity index is 1110. The summed E-state index contributed by atoms with van der Waals surface area (Å²) in [7, 11) is 1.65. The van der Waals surface area contributed by atoms with Crippen molar-refractivity contribution < 1.29 is 18.4 Å². The first kappa shape index (κ1) is 23.0. The topological polar surface area (TPSA) is 52.7 Å². The molecule has 1 atom stereocenters. The maximum absolute atomic E-state index is 13.5. The number of carbonyl (C=O) groups excluding carboxylic acids is 2. The minimum Gasteiger partial charge on any atom is -0.352 e. The molecule has 2 heterocycles. The molecule has 0 bridgehead atoms. The monoisotopic (exact) mass is 453 g/mol. The van der Waals surface area contributed by atoms with Crippen LogP contribution in [-0.4, -0.2) is 30.4 Å². The van der Waals surface area contributed by atoms with E-state index in [0.717, 1.165) is 12.0 Å². The number of amides is 3. The van der Waals surface area contributed by atoms with Crippen LogP contribution in [0.15, 0.2) is 59.8 Å². The molecule has 2 aromatic rings. The number of urea groups is 1. The first-order valence-corrected chi connectivity index (χ1v) is 11.2. The second kappa shape index (κ2) is 8.61. The highest BCUT2D eigenvalue weighted by atomic mass is 19.3. The Morgan fingerprint density at radius 1 is 1.12 bits per heavy atom. The van der Waals surface area contributed by atoms with E-state index in [2.05, 4.69) is 38.2 Å². The van der Waals surface area contributed by atoms with Crippen LogP contribution in [0.3, 0.4) is 0 Å². The van der Waals surface area contributed by atoms with Crippen LogP contribution in [0.2, 0.25) is 0 Å². The number of likely N-dealkylation sites (N-methyl/N-ethyl adjacent to an activating group) is 1. The number of alkyl halides is 2. The van der Waals surface area contributed by atoms with Gasteiger partial charge in [-0.1, -0.05) is 57.2 Å². The average molecular weight is 454 g/mol. The average Bonchev–Trinajstić information content (AvgIpc) is 2.81. The molecule has 5 nitrogen and oxygen atoms in total. The molecule has 33 heavy (non-hydrogen) atoms. The maximum Gasteiger partial charge on any atom is 0.329 e. The third kappa shape index (κ3) is 4.01. The van der Waals surface area contributed by atoms with Gasteiger partial charge in [0.15, 0.2) is 0 Å². The van der Waals surface area contributed by atoms with Crippen molar-refractivity contribution in [1.82, 2.24) is 10.2 Å². The lowest BCUT2D eigenvalue weighted by atomic mass is 9.81. The molecule has 0 saturated heterocycles. The molecule has 7 heteroatoms. The van der Waals surface area contributed by atoms with Crippen LogP contribution >= 0.6 is 0 Å². The summed E-state index contributed by atoms with van der Waals surface area (Å²) in [6, 6.07) is 12.9. The molecule has 0 fully saturated rings. The van der Waals surface area contributed by atoms with Crippen molar-refractivity contribution in [3.05, 3.63) is 76.5 Å². The van der Waals surface area contributed by atoms with Gasteiger partial charge in [-0.3, -0.25) is 9.69 Å². The Labute approximate surface area is 193 Å². The molecule has 174 valence electrons. The van der Waals surface area contributed by atoms with Crippen molar-refractivity contribution in [3.63, 3.8) is 0 Å². The number of carbonyl (C=O) groups is 2. The molecule has 0 spiro atoms. The van der Waals surface area contributed by atoms with E-state index < -0.39 is 12.5 Å². The van der Waals surface area contributed by atoms with Gasteiger partial charge in [0.1, 0.15) is 0 Å². The Kier molecular flexibility index (Phi) is 5.99. The van der Waals surface area contributed by atoms with Crippen molar-refractivity contribution in [2.45, 2.75) is 51.5 Å². The summed E-state index contributed by atoms with van der Waals surface area (Å²) in [6.07, 6.45) is -1.22. The number of nitrogens with zero attached hydrogens (tertiary/aromatic N) is 2. The van der Waals surface area contributed by atoms with Crippen LogP contribution in [0.1, 0.15) is 62.8 Å². The lowest BCUT2D eigenvalue weighted by Crippen LogP contribution is -2.53. The molecule has 2 aromatic carbocycles. The van der Waals surface area contributed by atoms with Gasteiger partial charge >= 0.3 is 6.03 Å². The van der Waals surface area contributed by atoms with Crippen LogP contribution in [-0.2, 0) is 10.2 Å². The molecule has 3 amide bonds. The fraction of sp³-hybridized carbons (Fsp3) is 0.385. The van der Waals surface area contributed by atoms with E-state index in [4.69, 9.17) is 0 Å². The number of hydrogen-bond acceptors (Lipinski definition) is 2. The Morgan fingerprint density at radius 3 is 2.45 bits per heavy atom. The van der Waals surface area contributed by atoms with Gasteiger partial charge in [0.25, 0.3) is 12.3 Å². The van der Waals surface area contributed by atoms with E-state index in [-0.39, 0.29) is 22.9 Å². The van der Waals surface area contributed by atoms with Gasteiger partial charge in [0.2, 0.25) is 0 Å². The normalized spacial score (nSPS) is 19.2. The minimum absolute atomic E-state index is 0.0198. The van der Waals surface area contributed by atoms with Crippen molar-refractivity contribution >= 4 is 17.6 Å². The summed E-state index contributed by atoms with van der Waals surface area (Å²) in [6.45, 7) is 6.89. The van der Waals surface area contributed by atoms with E-state index in [1.807, 2.05) is 12.1 Å². The largest absolute Gasteiger partial charge is 0.352 e. The fourth-order valence-corrected chi connectivity index (χ4v) is 4.52. The van der Waals surface area contributed by atoms with Gasteiger partial charge in [-0.25, -0.2) is 13.6 Å². The van der Waals surface area contributed by atoms with E-state index in [0.29, 0.717) is 29.9 Å². The molecule has 2 aliphatic heterocycles. The predicted molar refractivity (Wildman–Crippen MR) is 124 cm³/mol. The zero-order valence-corrected chi connectivity index (χ0v) is 19.4. The first-order chi connectivity index (χ1) is 15.7. The van der Waals surface area contributed by atoms with Crippen molar-refractivity contribution in [2.24, 2.45) is 0 Å². The van der Waals surface area contributed by atoms with E-state index in [9.17, 15) is 18.4 Å². The summed E-state index contributed by atoms with van der Waals surface area (Å²) in [5, 5.41) is 2.88. The molecule has 0 unspecified atom stereocenters. The highest BCUT2D eigenvalue weighted by Crippen LogP contribution is 2.42. The third-order valence-corrected chi connectivity index (χ3v) is 6.90. The third-order valence-electron chi connectivity index (χ3n) is 6.90. The number of anilines is 1. The van der Waals surface area contributed by atoms with Crippen LogP contribution in [0, 0.1) is 0 Å². The van der Waals surface area contributed by atoms with Crippen molar-refractivity contribution in [3.8, 4) is 0 Å². The zero-order chi connectivity index (χ0) is 23.9. The molecular formula is C26H29F2N3O2. The second-order valence-electron chi connectivity index (χ2n) is 9.25. The van der Waals surface area contributed by atoms with Gasteiger partial charge < -0.3 is 10.2 Å². The number of halogens is 2. The summed E-state index contributed by atoms with van der Waals surface area (Å²) >= 11 is 0. The van der Waals surface area contributed by atoms with Crippen LogP contribution in [0.25, 0.3) is 0 Å². The Morgan fingerprint density at radius 2 is 1.82 bits per heavy atom. The van der Waals surface area contributed by atoms with Gasteiger partial charge in [-0.2, -0.15) is 0 Å². The number of hydrogen-bond donors (Lipinski definition) is 1. The number of nitrogens with one attached hydrogen (secondary N) is 1. The molecule has 0 saturated carbocycles. The second-order valence-corrected chi connectivity index (χ2v) is 9.25. The maximum atomic E-state index is 13.5. The van der Waals surface area contributed by atoms with Crippen LogP contribution in [0.5, 0.6) is 0 Å². The lowest BCUT2D eigenvalue weighted by Gasteiger charge is -2.44. The smallest absolute Gasteiger partial charge is 0.329 e. The molecule has 0 aliphatic carbocycles. The van der Waals surface area contributed by atoms with Gasteiger partial charge in [0.05, 0.1) is 17.3 Å². The number of benzene rings is 2. The van der Waals surface area contributed by atoms with Crippen molar-refractivity contribution in [2.75, 3.05) is 18.5 Å². The summed E-state index contributed by atoms with van der Waals surface area (Å²) in [4.78, 5) is 29.5. The molecule has 0 radical (unpaired) electrons. The highest BCUT2D eigenvalue weighted by Gasteiger charge is 2.43. The molecule has 1 N–H and O–H groups in total. The lowest BCUT2D eigenvalue weighted by molar-refractivity contribution is -0.118. The zero-order valence-electron chi connectivity index (χ0n) is 19.4. The summed E-state index contributed by atoms with van der Waals surface area (Å²) in [5.74, 6) is -0.242. The quantitative estimate of drug-likeness (QED) is 0.632. The highest BCUT2D eigenvalue weighted by molar-refractivity contribution is 6.05. The first-order valence-electron chi connectivity index (χ1n) is 11.2. The number of rotatable bonds is 5. The SMILES string of the molecule is CCC(C)(C)c1ccc([C@@H]2C3=C(CCNC3=O)N(c3cccc(C(F)F)c3)C(=O)N2C)cc1. The van der Waals surface area contributed by atoms with Crippen molar-refractivity contribution in [1.29, 1.82) is 0 Å². The van der Waals surface area contributed by atoms with E-state index in [1.165, 1.54) is 33.6 Å². The van der Waals surface area contributed by atoms with Gasteiger partial charge in [-0.05, 0) is 35.1 Å². The molecule has 2 aliphatic rings. The van der Waals surface area contributed by atoms with Gasteiger partial charge in [-0.15, -0.1) is 0 Å². The fourth-order valence-electron chi connectivity index (χ4n) is 4.52. The van der Waals surface area contributed by atoms with Crippen LogP contribution in [0.4, 0.5) is 19.3 Å². The Hall–Kier alpha value is -3.22. The van der Waals surface area contributed by atoms with E-state index >= 15 is 0 Å². The predicted octanol–water partition coefficient (Wildman–Crippen LogP) is 5.70. The standard InChI is InChI=1S/C26H29F2N3O2/c1-5-26(2,3)18-11-9-16(10-12-18)22-21-20(13-14-29-24(21)32)31(25(33)30(22)4)19-8-6-7-17(15-19)23(27)28/h6-12,15,22-23H,5,13-14H2,1-4H3,(H,29,32)/t22-/m1/s1. The molecule has 4 rings (SSSR count). The van der Waals surface area contributed by atoms with Crippen LogP contribution < -0.4 is 10.2 Å². The van der Waals surface area contributed by atoms with E-state index in [1.54, 1.807) is 13.1 Å². The minimum atomic E-state index is -2.65. The molecular weight excluding hydrogens is 424 g/mol.